The van der Waals surface area contributed by atoms with Gasteiger partial charge in [-0.3, -0.25) is 4.79 Å². The zero-order chi connectivity index (χ0) is 12.4. The van der Waals surface area contributed by atoms with E-state index in [9.17, 15) is 9.18 Å². The van der Waals surface area contributed by atoms with Crippen LogP contribution >= 0.6 is 11.6 Å². The van der Waals surface area contributed by atoms with Crippen LogP contribution in [0.5, 0.6) is 0 Å². The van der Waals surface area contributed by atoms with E-state index in [2.05, 4.69) is 5.10 Å². The number of aromatic nitrogens is 2. The van der Waals surface area contributed by atoms with Crippen molar-refractivity contribution in [1.29, 1.82) is 0 Å². The molecule has 1 aromatic carbocycles. The lowest BCUT2D eigenvalue weighted by molar-refractivity contribution is 0.620. The quantitative estimate of drug-likeness (QED) is 0.886. The topological polar surface area (TPSA) is 60.9 Å². The van der Waals surface area contributed by atoms with Crippen LogP contribution in [0.15, 0.2) is 35.1 Å². The van der Waals surface area contributed by atoms with Crippen LogP contribution in [0, 0.1) is 5.82 Å². The Kier molecular flexibility index (Phi) is 3.10. The van der Waals surface area contributed by atoms with Gasteiger partial charge in [0.05, 0.1) is 11.6 Å². The van der Waals surface area contributed by atoms with Gasteiger partial charge in [-0.25, -0.2) is 9.07 Å². The highest BCUT2D eigenvalue weighted by Gasteiger charge is 2.04. The van der Waals surface area contributed by atoms with E-state index < -0.39 is 5.82 Å². The molecule has 0 atom stereocenters. The van der Waals surface area contributed by atoms with Crippen LogP contribution in [0.1, 0.15) is 5.56 Å². The molecule has 17 heavy (non-hydrogen) atoms. The Labute approximate surface area is 101 Å². The van der Waals surface area contributed by atoms with Crippen molar-refractivity contribution in [3.63, 3.8) is 0 Å². The van der Waals surface area contributed by atoms with Crippen molar-refractivity contribution in [3.8, 4) is 0 Å². The number of benzene rings is 1. The average Bonchev–Trinajstić information content (AvgIpc) is 2.29. The van der Waals surface area contributed by atoms with E-state index in [0.29, 0.717) is 5.56 Å². The number of nitrogens with two attached hydrogens (primary N) is 1. The molecule has 6 heteroatoms. The minimum atomic E-state index is -0.497. The number of nitrogens with zero attached hydrogens (tertiary/aromatic N) is 2. The smallest absolute Gasteiger partial charge is 0.267 e. The average molecular weight is 254 g/mol. The molecule has 1 aromatic heterocycles. The second-order valence-corrected chi connectivity index (χ2v) is 3.91. The van der Waals surface area contributed by atoms with Gasteiger partial charge in [0.2, 0.25) is 0 Å². The third-order valence-corrected chi connectivity index (χ3v) is 2.49. The van der Waals surface area contributed by atoms with Gasteiger partial charge in [0, 0.05) is 6.07 Å². The van der Waals surface area contributed by atoms with Crippen molar-refractivity contribution in [2.24, 2.45) is 0 Å². The lowest BCUT2D eigenvalue weighted by atomic mass is 10.2. The zero-order valence-electron chi connectivity index (χ0n) is 8.73. The lowest BCUT2D eigenvalue weighted by Gasteiger charge is -2.05. The van der Waals surface area contributed by atoms with Gasteiger partial charge in [-0.15, -0.1) is 0 Å². The molecule has 0 amide bonds. The standard InChI is InChI=1S/C11H9ClFN3O/c12-8-5-7(1-2-9(8)13)6-16-11(17)4-3-10(14)15-16/h1-5H,6H2,(H2,14,15). The van der Waals surface area contributed by atoms with Crippen LogP contribution in [0.4, 0.5) is 10.2 Å². The fourth-order valence-electron chi connectivity index (χ4n) is 1.39. The summed E-state index contributed by atoms with van der Waals surface area (Å²) in [6, 6.07) is 6.99. The number of nitrogen functional groups attached to an aromatic ring is 1. The largest absolute Gasteiger partial charge is 0.382 e. The SMILES string of the molecule is Nc1ccc(=O)n(Cc2ccc(F)c(Cl)c2)n1. The fourth-order valence-corrected chi connectivity index (χ4v) is 1.59. The number of hydrogen-bond donors (Lipinski definition) is 1. The molecule has 4 nitrogen and oxygen atoms in total. The van der Waals surface area contributed by atoms with E-state index in [1.54, 1.807) is 6.07 Å². The Hall–Kier alpha value is -1.88. The van der Waals surface area contributed by atoms with Gasteiger partial charge in [-0.1, -0.05) is 17.7 Å². The summed E-state index contributed by atoms with van der Waals surface area (Å²) in [5.74, 6) is -0.249. The van der Waals surface area contributed by atoms with Gasteiger partial charge >= 0.3 is 0 Å². The Morgan fingerprint density at radius 3 is 2.82 bits per heavy atom. The molecular weight excluding hydrogens is 245 g/mol. The van der Waals surface area contributed by atoms with Crippen LogP contribution in [0.2, 0.25) is 5.02 Å². The Morgan fingerprint density at radius 1 is 1.35 bits per heavy atom. The maximum absolute atomic E-state index is 12.9. The van der Waals surface area contributed by atoms with Crippen molar-refractivity contribution in [3.05, 3.63) is 57.1 Å². The highest BCUT2D eigenvalue weighted by molar-refractivity contribution is 6.30. The van der Waals surface area contributed by atoms with E-state index in [0.717, 1.165) is 0 Å². The Bertz CT molecular complexity index is 612. The maximum atomic E-state index is 12.9. The van der Waals surface area contributed by atoms with E-state index in [4.69, 9.17) is 17.3 Å². The summed E-state index contributed by atoms with van der Waals surface area (Å²) in [6.45, 7) is 0.198. The Balaban J connectivity index is 2.34. The van der Waals surface area contributed by atoms with Crippen molar-refractivity contribution >= 4 is 17.4 Å². The summed E-state index contributed by atoms with van der Waals surface area (Å²) in [4.78, 5) is 11.5. The molecule has 0 aliphatic heterocycles. The van der Waals surface area contributed by atoms with Crippen molar-refractivity contribution in [2.75, 3.05) is 5.73 Å². The Morgan fingerprint density at radius 2 is 2.12 bits per heavy atom. The molecule has 1 heterocycles. The van der Waals surface area contributed by atoms with E-state index in [1.165, 1.54) is 28.9 Å². The summed E-state index contributed by atoms with van der Waals surface area (Å²) >= 11 is 5.64. The predicted molar refractivity (Wildman–Crippen MR) is 63.4 cm³/mol. The first kappa shape index (κ1) is 11.6. The molecule has 0 spiro atoms. The predicted octanol–water partition coefficient (Wildman–Crippen LogP) is 1.67. The number of anilines is 1. The van der Waals surface area contributed by atoms with Crippen molar-refractivity contribution in [1.82, 2.24) is 9.78 Å². The second kappa shape index (κ2) is 4.55. The minimum Gasteiger partial charge on any atom is -0.382 e. The summed E-state index contributed by atoms with van der Waals surface area (Å²) in [5, 5.41) is 3.88. The summed E-state index contributed by atoms with van der Waals surface area (Å²) in [7, 11) is 0. The van der Waals surface area contributed by atoms with Gasteiger partial charge in [-0.05, 0) is 23.8 Å². The van der Waals surface area contributed by atoms with Crippen LogP contribution in [0.3, 0.4) is 0 Å². The molecule has 0 fully saturated rings. The first-order chi connectivity index (χ1) is 8.06. The van der Waals surface area contributed by atoms with Crippen LogP contribution in [0.25, 0.3) is 0 Å². The molecule has 2 rings (SSSR count). The van der Waals surface area contributed by atoms with E-state index in [1.807, 2.05) is 0 Å². The van der Waals surface area contributed by atoms with E-state index >= 15 is 0 Å². The normalized spacial score (nSPS) is 10.5. The van der Waals surface area contributed by atoms with Crippen LogP contribution in [-0.2, 0) is 6.54 Å². The monoisotopic (exact) mass is 253 g/mol. The van der Waals surface area contributed by atoms with Crippen LogP contribution in [-0.4, -0.2) is 9.78 Å². The molecule has 2 N–H and O–H groups in total. The molecule has 2 aromatic rings. The fraction of sp³-hybridized carbons (Fsp3) is 0.0909. The highest BCUT2D eigenvalue weighted by Crippen LogP contribution is 2.16. The van der Waals surface area contributed by atoms with Gasteiger partial charge in [0.15, 0.2) is 0 Å². The van der Waals surface area contributed by atoms with Gasteiger partial charge in [-0.2, -0.15) is 5.10 Å². The molecule has 0 saturated heterocycles. The maximum Gasteiger partial charge on any atom is 0.267 e. The van der Waals surface area contributed by atoms with Gasteiger partial charge in [0.1, 0.15) is 11.6 Å². The van der Waals surface area contributed by atoms with Crippen LogP contribution < -0.4 is 11.3 Å². The minimum absolute atomic E-state index is 0.0134. The molecule has 0 aliphatic rings. The zero-order valence-corrected chi connectivity index (χ0v) is 9.49. The number of hydrogen-bond acceptors (Lipinski definition) is 3. The first-order valence-corrected chi connectivity index (χ1v) is 5.21. The van der Waals surface area contributed by atoms with E-state index in [-0.39, 0.29) is 22.9 Å². The number of halogens is 2. The molecule has 88 valence electrons. The highest BCUT2D eigenvalue weighted by atomic mass is 35.5. The van der Waals surface area contributed by atoms with Crippen molar-refractivity contribution < 1.29 is 4.39 Å². The summed E-state index contributed by atoms with van der Waals surface area (Å²) in [5.41, 5.74) is 5.88. The molecule has 0 bridgehead atoms. The summed E-state index contributed by atoms with van der Waals surface area (Å²) < 4.78 is 14.1. The summed E-state index contributed by atoms with van der Waals surface area (Å²) in [6.07, 6.45) is 0. The third-order valence-electron chi connectivity index (χ3n) is 2.20. The third kappa shape index (κ3) is 2.62. The first-order valence-electron chi connectivity index (χ1n) is 4.84. The lowest BCUT2D eigenvalue weighted by Crippen LogP contribution is -2.23. The molecule has 0 unspecified atom stereocenters. The molecule has 0 saturated carbocycles. The molecule has 0 aliphatic carbocycles. The number of rotatable bonds is 2. The molecular formula is C11H9ClFN3O. The second-order valence-electron chi connectivity index (χ2n) is 3.50. The van der Waals surface area contributed by atoms with Gasteiger partial charge < -0.3 is 5.73 Å². The molecule has 0 radical (unpaired) electrons. The van der Waals surface area contributed by atoms with Gasteiger partial charge in [0.25, 0.3) is 5.56 Å². The van der Waals surface area contributed by atoms with Crippen molar-refractivity contribution in [2.45, 2.75) is 6.54 Å².